The molecular weight excluding hydrogens is 318 g/mol. The van der Waals surface area contributed by atoms with E-state index in [9.17, 15) is 4.79 Å². The lowest BCUT2D eigenvalue weighted by atomic mass is 10.1. The molecule has 24 heavy (non-hydrogen) atoms. The number of H-pyrrole nitrogens is 1. The van der Waals surface area contributed by atoms with Crippen LogP contribution in [0, 0.1) is 0 Å². The average Bonchev–Trinajstić information content (AvgIpc) is 3.30. The van der Waals surface area contributed by atoms with Crippen LogP contribution in [-0.2, 0) is 6.42 Å². The first-order valence-corrected chi connectivity index (χ1v) is 9.34. The summed E-state index contributed by atoms with van der Waals surface area (Å²) in [5.74, 6) is 0.149. The molecule has 4 nitrogen and oxygen atoms in total. The third-order valence-electron chi connectivity index (χ3n) is 4.76. The topological polar surface area (TPSA) is 39.3 Å². The predicted octanol–water partition coefficient (Wildman–Crippen LogP) is 3.23. The number of rotatable bonds is 4. The number of piperazine rings is 1. The number of nitrogens with zero attached hydrogens (tertiary/aromatic N) is 2. The van der Waals surface area contributed by atoms with Crippen molar-refractivity contribution < 1.29 is 4.79 Å². The fourth-order valence-corrected chi connectivity index (χ4v) is 3.97. The van der Waals surface area contributed by atoms with Gasteiger partial charge in [0.15, 0.2) is 0 Å². The maximum absolute atomic E-state index is 12.7. The highest BCUT2D eigenvalue weighted by Crippen LogP contribution is 2.17. The number of amides is 1. The van der Waals surface area contributed by atoms with Crippen LogP contribution in [0.2, 0.25) is 0 Å². The molecule has 0 atom stereocenters. The quantitative estimate of drug-likeness (QED) is 0.793. The summed E-state index contributed by atoms with van der Waals surface area (Å²) in [4.78, 5) is 20.3. The van der Waals surface area contributed by atoms with Crippen molar-refractivity contribution in [2.45, 2.75) is 6.42 Å². The van der Waals surface area contributed by atoms with E-state index in [1.807, 2.05) is 35.4 Å². The molecule has 5 heteroatoms. The van der Waals surface area contributed by atoms with E-state index in [4.69, 9.17) is 0 Å². The van der Waals surface area contributed by atoms with Crippen LogP contribution < -0.4 is 0 Å². The van der Waals surface area contributed by atoms with E-state index < -0.39 is 0 Å². The lowest BCUT2D eigenvalue weighted by molar-refractivity contribution is 0.0638. The Labute approximate surface area is 145 Å². The van der Waals surface area contributed by atoms with Gasteiger partial charge in [-0.15, -0.1) is 0 Å². The number of benzene rings is 1. The summed E-state index contributed by atoms with van der Waals surface area (Å²) in [5, 5.41) is 5.44. The lowest BCUT2D eigenvalue weighted by Gasteiger charge is -2.34. The van der Waals surface area contributed by atoms with Crippen LogP contribution in [0.1, 0.15) is 15.9 Å². The van der Waals surface area contributed by atoms with E-state index in [-0.39, 0.29) is 5.91 Å². The van der Waals surface area contributed by atoms with Gasteiger partial charge in [-0.3, -0.25) is 9.69 Å². The van der Waals surface area contributed by atoms with E-state index in [0.717, 1.165) is 55.6 Å². The Balaban J connectivity index is 1.33. The highest BCUT2D eigenvalue weighted by atomic mass is 32.1. The summed E-state index contributed by atoms with van der Waals surface area (Å²) in [6.07, 6.45) is 3.01. The van der Waals surface area contributed by atoms with Gasteiger partial charge in [0.25, 0.3) is 5.91 Å². The Bertz CT molecular complexity index is 816. The number of nitrogens with one attached hydrogen (secondary N) is 1. The van der Waals surface area contributed by atoms with Gasteiger partial charge in [0.05, 0.1) is 0 Å². The van der Waals surface area contributed by atoms with Crippen LogP contribution in [0.5, 0.6) is 0 Å². The van der Waals surface area contributed by atoms with E-state index in [1.165, 1.54) is 5.56 Å². The van der Waals surface area contributed by atoms with Crippen LogP contribution in [0.4, 0.5) is 0 Å². The van der Waals surface area contributed by atoms with Gasteiger partial charge in [-0.25, -0.2) is 0 Å². The molecule has 3 aromatic rings. The molecule has 1 aliphatic heterocycles. The standard InChI is InChI=1S/C19H21N3OS/c23-19(17-1-2-18-16(13-17)3-6-20-18)22-10-8-21(9-11-22)7-4-15-5-12-24-14-15/h1-3,5-6,12-14,20H,4,7-11H2. The Kier molecular flexibility index (Phi) is 4.36. The maximum Gasteiger partial charge on any atom is 0.253 e. The molecule has 1 aromatic carbocycles. The number of thiophene rings is 1. The molecule has 0 aliphatic carbocycles. The Morgan fingerprint density at radius 2 is 2.00 bits per heavy atom. The van der Waals surface area contributed by atoms with Crippen LogP contribution in [0.15, 0.2) is 47.3 Å². The average molecular weight is 339 g/mol. The van der Waals surface area contributed by atoms with Gasteiger partial charge in [0.2, 0.25) is 0 Å². The molecule has 4 rings (SSSR count). The first-order chi connectivity index (χ1) is 11.8. The van der Waals surface area contributed by atoms with Crippen molar-refractivity contribution in [2.24, 2.45) is 0 Å². The van der Waals surface area contributed by atoms with Crippen molar-refractivity contribution in [3.8, 4) is 0 Å². The monoisotopic (exact) mass is 339 g/mol. The Morgan fingerprint density at radius 3 is 2.79 bits per heavy atom. The number of carbonyl (C=O) groups is 1. The van der Waals surface area contributed by atoms with Gasteiger partial charge >= 0.3 is 0 Å². The molecule has 0 saturated carbocycles. The lowest BCUT2D eigenvalue weighted by Crippen LogP contribution is -2.49. The molecule has 124 valence electrons. The number of aromatic amines is 1. The van der Waals surface area contributed by atoms with Gasteiger partial charge in [0, 0.05) is 55.4 Å². The van der Waals surface area contributed by atoms with E-state index >= 15 is 0 Å². The van der Waals surface area contributed by atoms with Gasteiger partial charge < -0.3 is 9.88 Å². The van der Waals surface area contributed by atoms with Gasteiger partial charge in [-0.05, 0) is 53.1 Å². The van der Waals surface area contributed by atoms with Crippen molar-refractivity contribution in [1.29, 1.82) is 0 Å². The van der Waals surface area contributed by atoms with Crippen LogP contribution >= 0.6 is 11.3 Å². The zero-order chi connectivity index (χ0) is 16.4. The number of fused-ring (bicyclic) bond motifs is 1. The highest BCUT2D eigenvalue weighted by Gasteiger charge is 2.22. The Morgan fingerprint density at radius 1 is 1.12 bits per heavy atom. The minimum Gasteiger partial charge on any atom is -0.361 e. The number of aromatic nitrogens is 1. The minimum absolute atomic E-state index is 0.149. The Hall–Kier alpha value is -2.11. The van der Waals surface area contributed by atoms with Gasteiger partial charge in [-0.1, -0.05) is 0 Å². The highest BCUT2D eigenvalue weighted by molar-refractivity contribution is 7.07. The summed E-state index contributed by atoms with van der Waals surface area (Å²) in [6.45, 7) is 4.62. The van der Waals surface area contributed by atoms with Crippen molar-refractivity contribution in [3.63, 3.8) is 0 Å². The summed E-state index contributed by atoms with van der Waals surface area (Å²) in [5.41, 5.74) is 3.27. The summed E-state index contributed by atoms with van der Waals surface area (Å²) >= 11 is 1.76. The van der Waals surface area contributed by atoms with Crippen LogP contribution in [0.3, 0.4) is 0 Å². The zero-order valence-corrected chi connectivity index (χ0v) is 14.4. The summed E-state index contributed by atoms with van der Waals surface area (Å²) in [6, 6.07) is 10.1. The second-order valence-electron chi connectivity index (χ2n) is 6.30. The third-order valence-corrected chi connectivity index (χ3v) is 5.49. The molecular formula is C19H21N3OS. The van der Waals surface area contributed by atoms with Gasteiger partial charge in [0.1, 0.15) is 0 Å². The predicted molar refractivity (Wildman–Crippen MR) is 98.7 cm³/mol. The van der Waals surface area contributed by atoms with Crippen molar-refractivity contribution >= 4 is 28.1 Å². The van der Waals surface area contributed by atoms with Crippen LogP contribution in [0.25, 0.3) is 10.9 Å². The number of hydrogen-bond donors (Lipinski definition) is 1. The molecule has 1 aliphatic rings. The van der Waals surface area contributed by atoms with E-state index in [1.54, 1.807) is 11.3 Å². The zero-order valence-electron chi connectivity index (χ0n) is 13.6. The number of hydrogen-bond acceptors (Lipinski definition) is 3. The summed E-state index contributed by atoms with van der Waals surface area (Å²) < 4.78 is 0. The third kappa shape index (κ3) is 3.23. The molecule has 0 unspecified atom stereocenters. The first kappa shape index (κ1) is 15.4. The molecule has 1 N–H and O–H groups in total. The van der Waals surface area contributed by atoms with E-state index in [2.05, 4.69) is 26.7 Å². The van der Waals surface area contributed by atoms with Crippen LogP contribution in [-0.4, -0.2) is 53.4 Å². The molecule has 2 aromatic heterocycles. The fourth-order valence-electron chi connectivity index (χ4n) is 3.27. The van der Waals surface area contributed by atoms with Crippen molar-refractivity contribution in [1.82, 2.24) is 14.8 Å². The molecule has 1 fully saturated rings. The summed E-state index contributed by atoms with van der Waals surface area (Å²) in [7, 11) is 0. The van der Waals surface area contributed by atoms with Crippen molar-refractivity contribution in [2.75, 3.05) is 32.7 Å². The second-order valence-corrected chi connectivity index (χ2v) is 7.08. The molecule has 1 saturated heterocycles. The molecule has 0 radical (unpaired) electrons. The smallest absolute Gasteiger partial charge is 0.253 e. The van der Waals surface area contributed by atoms with Gasteiger partial charge in [-0.2, -0.15) is 11.3 Å². The molecule has 1 amide bonds. The molecule has 0 spiro atoms. The second kappa shape index (κ2) is 6.79. The fraction of sp³-hybridized carbons (Fsp3) is 0.316. The molecule has 0 bridgehead atoms. The maximum atomic E-state index is 12.7. The van der Waals surface area contributed by atoms with E-state index in [0.29, 0.717) is 0 Å². The number of carbonyl (C=O) groups excluding carboxylic acids is 1. The first-order valence-electron chi connectivity index (χ1n) is 8.39. The SMILES string of the molecule is O=C(c1ccc2[nH]ccc2c1)N1CCN(CCc2ccsc2)CC1. The van der Waals surface area contributed by atoms with Crippen molar-refractivity contribution in [3.05, 3.63) is 58.4 Å². The molecule has 3 heterocycles. The largest absolute Gasteiger partial charge is 0.361 e. The normalized spacial score (nSPS) is 15.9. The minimum atomic E-state index is 0.149.